The Hall–Kier alpha value is -0.810. The van der Waals surface area contributed by atoms with Gasteiger partial charge in [-0.2, -0.15) is 0 Å². The summed E-state index contributed by atoms with van der Waals surface area (Å²) in [5.41, 5.74) is 5.29. The molecule has 0 aliphatic carbocycles. The van der Waals surface area contributed by atoms with E-state index in [1.807, 2.05) is 0 Å². The van der Waals surface area contributed by atoms with Gasteiger partial charge in [0.2, 0.25) is 0 Å². The average Bonchev–Trinajstić information content (AvgIpc) is 2.17. The summed E-state index contributed by atoms with van der Waals surface area (Å²) in [4.78, 5) is 10.8. The molecule has 0 aromatic carbocycles. The minimum absolute atomic E-state index is 0.366. The Labute approximate surface area is 84.9 Å². The first-order valence-electron chi connectivity index (χ1n) is 4.99. The van der Waals surface area contributed by atoms with Crippen molar-refractivity contribution in [1.29, 1.82) is 0 Å². The Kier molecular flexibility index (Phi) is 9.68. The van der Waals surface area contributed by atoms with E-state index in [0.717, 1.165) is 12.8 Å². The van der Waals surface area contributed by atoms with Gasteiger partial charge in [0, 0.05) is 19.8 Å². The number of hydrogen-bond donors (Lipinski definition) is 2. The number of ether oxygens (including phenoxy) is 2. The van der Waals surface area contributed by atoms with Gasteiger partial charge in [-0.05, 0) is 26.3 Å². The van der Waals surface area contributed by atoms with Crippen molar-refractivity contribution in [3.8, 4) is 0 Å². The quantitative estimate of drug-likeness (QED) is 0.564. The third-order valence-corrected chi connectivity index (χ3v) is 1.50. The molecule has 0 radical (unpaired) electrons. The first-order chi connectivity index (χ1) is 6.81. The Balaban J connectivity index is 3.01. The van der Waals surface area contributed by atoms with Crippen molar-refractivity contribution in [1.82, 2.24) is 5.32 Å². The lowest BCUT2D eigenvalue weighted by molar-refractivity contribution is 0.127. The van der Waals surface area contributed by atoms with E-state index in [2.05, 4.69) is 10.1 Å². The van der Waals surface area contributed by atoms with Crippen LogP contribution in [0.15, 0.2) is 0 Å². The molecule has 5 nitrogen and oxygen atoms in total. The van der Waals surface area contributed by atoms with E-state index in [-0.39, 0.29) is 6.09 Å². The predicted octanol–water partition coefficient (Wildman–Crippen LogP) is 0.488. The molecule has 0 unspecified atom stereocenters. The second-order valence-corrected chi connectivity index (χ2v) is 2.76. The fraction of sp³-hybridized carbons (Fsp3) is 0.889. The highest BCUT2D eigenvalue weighted by Gasteiger charge is 1.97. The van der Waals surface area contributed by atoms with Gasteiger partial charge in [0.1, 0.15) is 0 Å². The van der Waals surface area contributed by atoms with Crippen molar-refractivity contribution in [3.63, 3.8) is 0 Å². The van der Waals surface area contributed by atoms with Gasteiger partial charge in [0.25, 0.3) is 0 Å². The Bertz CT molecular complexity index is 142. The molecule has 3 N–H and O–H groups in total. The number of rotatable bonds is 8. The number of nitrogens with one attached hydrogen (secondary N) is 1. The molecule has 14 heavy (non-hydrogen) atoms. The Morgan fingerprint density at radius 1 is 1.36 bits per heavy atom. The molecule has 0 aliphatic rings. The number of carbonyl (C=O) groups is 1. The number of carbonyl (C=O) groups excluding carboxylic acids is 1. The summed E-state index contributed by atoms with van der Waals surface area (Å²) in [7, 11) is 0. The van der Waals surface area contributed by atoms with Crippen LogP contribution in [0.4, 0.5) is 4.79 Å². The van der Waals surface area contributed by atoms with Crippen molar-refractivity contribution < 1.29 is 14.3 Å². The van der Waals surface area contributed by atoms with Gasteiger partial charge in [0.05, 0.1) is 6.61 Å². The normalized spacial score (nSPS) is 9.86. The van der Waals surface area contributed by atoms with E-state index in [9.17, 15) is 4.79 Å². The monoisotopic (exact) mass is 204 g/mol. The summed E-state index contributed by atoms with van der Waals surface area (Å²) in [6.45, 7) is 4.75. The number of hydrogen-bond acceptors (Lipinski definition) is 4. The first-order valence-corrected chi connectivity index (χ1v) is 4.99. The highest BCUT2D eigenvalue weighted by Crippen LogP contribution is 1.84. The van der Waals surface area contributed by atoms with E-state index in [1.54, 1.807) is 6.92 Å². The highest BCUT2D eigenvalue weighted by atomic mass is 16.5. The largest absolute Gasteiger partial charge is 0.450 e. The van der Waals surface area contributed by atoms with Crippen LogP contribution in [0.2, 0.25) is 0 Å². The van der Waals surface area contributed by atoms with Crippen molar-refractivity contribution in [2.45, 2.75) is 19.8 Å². The van der Waals surface area contributed by atoms with Gasteiger partial charge in [-0.1, -0.05) is 0 Å². The summed E-state index contributed by atoms with van der Waals surface area (Å²) in [5, 5.41) is 2.61. The third-order valence-electron chi connectivity index (χ3n) is 1.50. The zero-order valence-corrected chi connectivity index (χ0v) is 8.75. The molecule has 0 aliphatic heterocycles. The molecule has 5 heteroatoms. The zero-order chi connectivity index (χ0) is 10.6. The van der Waals surface area contributed by atoms with E-state index in [4.69, 9.17) is 10.5 Å². The number of amides is 1. The maximum absolute atomic E-state index is 10.8. The standard InChI is InChI=1S/C9H20N2O3/c1-2-14-9(12)11-6-4-8-13-7-3-5-10/h2-8,10H2,1H3,(H,11,12). The Morgan fingerprint density at radius 2 is 2.07 bits per heavy atom. The first kappa shape index (κ1) is 13.2. The van der Waals surface area contributed by atoms with Crippen molar-refractivity contribution in [3.05, 3.63) is 0 Å². The lowest BCUT2D eigenvalue weighted by atomic mass is 10.4. The van der Waals surface area contributed by atoms with Crippen LogP contribution >= 0.6 is 0 Å². The molecule has 0 aromatic rings. The topological polar surface area (TPSA) is 73.6 Å². The van der Waals surface area contributed by atoms with Gasteiger partial charge in [-0.15, -0.1) is 0 Å². The SMILES string of the molecule is CCOC(=O)NCCCOCCCN. The number of nitrogens with two attached hydrogens (primary N) is 1. The summed E-state index contributed by atoms with van der Waals surface area (Å²) in [6.07, 6.45) is 1.31. The van der Waals surface area contributed by atoms with Crippen molar-refractivity contribution in [2.24, 2.45) is 5.73 Å². The van der Waals surface area contributed by atoms with Crippen LogP contribution in [0.3, 0.4) is 0 Å². The third kappa shape index (κ3) is 9.28. The fourth-order valence-electron chi connectivity index (χ4n) is 0.834. The van der Waals surface area contributed by atoms with Crippen LogP contribution in [0, 0.1) is 0 Å². The molecular formula is C9H20N2O3. The van der Waals surface area contributed by atoms with Crippen LogP contribution in [0.1, 0.15) is 19.8 Å². The lowest BCUT2D eigenvalue weighted by Crippen LogP contribution is -2.26. The van der Waals surface area contributed by atoms with E-state index < -0.39 is 0 Å². The predicted molar refractivity (Wildman–Crippen MR) is 54.1 cm³/mol. The molecule has 0 bridgehead atoms. The molecule has 0 atom stereocenters. The van der Waals surface area contributed by atoms with Gasteiger partial charge >= 0.3 is 6.09 Å². The second kappa shape index (κ2) is 10.3. The summed E-state index contributed by atoms with van der Waals surface area (Å²) < 4.78 is 9.92. The molecule has 0 saturated carbocycles. The molecule has 0 spiro atoms. The second-order valence-electron chi connectivity index (χ2n) is 2.76. The molecule has 0 rings (SSSR count). The van der Waals surface area contributed by atoms with Crippen LogP contribution in [0.5, 0.6) is 0 Å². The van der Waals surface area contributed by atoms with Gasteiger partial charge < -0.3 is 20.5 Å². The van der Waals surface area contributed by atoms with Gasteiger partial charge in [-0.3, -0.25) is 0 Å². The molecular weight excluding hydrogens is 184 g/mol. The Morgan fingerprint density at radius 3 is 2.71 bits per heavy atom. The fourth-order valence-corrected chi connectivity index (χ4v) is 0.834. The molecule has 0 saturated heterocycles. The van der Waals surface area contributed by atoms with Crippen LogP contribution in [-0.4, -0.2) is 39.0 Å². The van der Waals surface area contributed by atoms with E-state index in [0.29, 0.717) is 32.9 Å². The van der Waals surface area contributed by atoms with Crippen LogP contribution in [-0.2, 0) is 9.47 Å². The molecule has 84 valence electrons. The minimum Gasteiger partial charge on any atom is -0.450 e. The molecule has 0 fully saturated rings. The van der Waals surface area contributed by atoms with Gasteiger partial charge in [0.15, 0.2) is 0 Å². The molecule has 0 heterocycles. The van der Waals surface area contributed by atoms with Crippen LogP contribution in [0.25, 0.3) is 0 Å². The van der Waals surface area contributed by atoms with Crippen molar-refractivity contribution >= 4 is 6.09 Å². The van der Waals surface area contributed by atoms with E-state index >= 15 is 0 Å². The maximum Gasteiger partial charge on any atom is 0.407 e. The van der Waals surface area contributed by atoms with Crippen LogP contribution < -0.4 is 11.1 Å². The smallest absolute Gasteiger partial charge is 0.407 e. The lowest BCUT2D eigenvalue weighted by Gasteiger charge is -2.05. The van der Waals surface area contributed by atoms with Crippen molar-refractivity contribution in [2.75, 3.05) is 32.9 Å². The van der Waals surface area contributed by atoms with E-state index in [1.165, 1.54) is 0 Å². The maximum atomic E-state index is 10.8. The summed E-state index contributed by atoms with van der Waals surface area (Å²) in [5.74, 6) is 0. The average molecular weight is 204 g/mol. The minimum atomic E-state index is -0.366. The molecule has 0 aromatic heterocycles. The summed E-state index contributed by atoms with van der Waals surface area (Å²) in [6, 6.07) is 0. The highest BCUT2D eigenvalue weighted by molar-refractivity contribution is 5.66. The van der Waals surface area contributed by atoms with Gasteiger partial charge in [-0.25, -0.2) is 4.79 Å². The zero-order valence-electron chi connectivity index (χ0n) is 8.75. The molecule has 1 amide bonds. The number of alkyl carbamates (subject to hydrolysis) is 1. The summed E-state index contributed by atoms with van der Waals surface area (Å²) >= 11 is 0.